The fraction of sp³-hybridized carbons (Fsp3) is 1.00. The van der Waals surface area contributed by atoms with Crippen molar-refractivity contribution < 1.29 is 5.11 Å². The number of hydrogen-bond acceptors (Lipinski definition) is 3. The van der Waals surface area contributed by atoms with Gasteiger partial charge >= 0.3 is 0 Å². The van der Waals surface area contributed by atoms with Crippen LogP contribution in [0.4, 0.5) is 0 Å². The highest BCUT2D eigenvalue weighted by Crippen LogP contribution is 2.22. The van der Waals surface area contributed by atoms with Crippen LogP contribution >= 0.6 is 0 Å². The Morgan fingerprint density at radius 3 is 2.64 bits per heavy atom. The molecule has 2 rings (SSSR count). The molecular weight excluding hydrogens is 176 g/mol. The largest absolute Gasteiger partial charge is 0.378 e. The molecular formula is C11H22N2O. The molecule has 1 N–H and O–H groups in total. The van der Waals surface area contributed by atoms with Gasteiger partial charge in [-0.3, -0.25) is 4.90 Å². The van der Waals surface area contributed by atoms with Gasteiger partial charge in [-0.15, -0.1) is 0 Å². The van der Waals surface area contributed by atoms with Gasteiger partial charge in [0, 0.05) is 19.1 Å². The van der Waals surface area contributed by atoms with E-state index < -0.39 is 0 Å². The molecule has 2 saturated heterocycles. The maximum absolute atomic E-state index is 9.91. The summed E-state index contributed by atoms with van der Waals surface area (Å²) in [6.45, 7) is 3.46. The second-order valence-electron chi connectivity index (χ2n) is 4.77. The lowest BCUT2D eigenvalue weighted by Gasteiger charge is -2.42. The van der Waals surface area contributed by atoms with Crippen molar-refractivity contribution in [2.45, 2.75) is 44.4 Å². The Labute approximate surface area is 86.7 Å². The molecule has 14 heavy (non-hydrogen) atoms. The van der Waals surface area contributed by atoms with Crippen molar-refractivity contribution >= 4 is 0 Å². The zero-order valence-corrected chi connectivity index (χ0v) is 9.15. The third kappa shape index (κ3) is 2.27. The molecule has 0 bridgehead atoms. The molecule has 3 nitrogen and oxygen atoms in total. The van der Waals surface area contributed by atoms with E-state index in [0.717, 1.165) is 19.5 Å². The van der Waals surface area contributed by atoms with Gasteiger partial charge in [0.2, 0.25) is 0 Å². The Morgan fingerprint density at radius 2 is 1.93 bits per heavy atom. The number of rotatable bonds is 1. The van der Waals surface area contributed by atoms with Crippen LogP contribution in [0, 0.1) is 0 Å². The summed E-state index contributed by atoms with van der Waals surface area (Å²) in [5, 5.41) is 9.91. The zero-order chi connectivity index (χ0) is 9.97. The molecule has 0 spiro atoms. The van der Waals surface area contributed by atoms with Crippen molar-refractivity contribution in [2.75, 3.05) is 26.7 Å². The molecule has 0 radical (unpaired) electrons. The molecule has 0 aromatic rings. The Hall–Kier alpha value is -0.120. The molecule has 82 valence electrons. The van der Waals surface area contributed by atoms with Gasteiger partial charge in [0.25, 0.3) is 0 Å². The molecule has 2 atom stereocenters. The van der Waals surface area contributed by atoms with E-state index in [1.807, 2.05) is 0 Å². The van der Waals surface area contributed by atoms with Crippen LogP contribution in [0.2, 0.25) is 0 Å². The lowest BCUT2D eigenvalue weighted by molar-refractivity contribution is -0.0639. The van der Waals surface area contributed by atoms with E-state index in [2.05, 4.69) is 16.8 Å². The molecule has 0 aromatic heterocycles. The van der Waals surface area contributed by atoms with Gasteiger partial charge in [-0.25, -0.2) is 0 Å². The molecule has 3 heteroatoms. The van der Waals surface area contributed by atoms with Crippen molar-refractivity contribution in [1.82, 2.24) is 9.80 Å². The van der Waals surface area contributed by atoms with Gasteiger partial charge < -0.3 is 10.0 Å². The van der Waals surface area contributed by atoms with Gasteiger partial charge in [-0.05, 0) is 45.7 Å². The second kappa shape index (κ2) is 4.60. The highest BCUT2D eigenvalue weighted by Gasteiger charge is 2.29. The number of likely N-dealkylation sites (tertiary alicyclic amines) is 2. The van der Waals surface area contributed by atoms with E-state index in [1.165, 1.54) is 32.2 Å². The Kier molecular flexibility index (Phi) is 3.42. The average Bonchev–Trinajstić information content (AvgIpc) is 2.18. The topological polar surface area (TPSA) is 26.7 Å². The maximum Gasteiger partial charge on any atom is 0.107 e. The molecule has 0 aliphatic carbocycles. The van der Waals surface area contributed by atoms with Crippen molar-refractivity contribution in [2.24, 2.45) is 0 Å². The highest BCUT2D eigenvalue weighted by atomic mass is 16.3. The van der Waals surface area contributed by atoms with Crippen LogP contribution < -0.4 is 0 Å². The van der Waals surface area contributed by atoms with Crippen molar-refractivity contribution in [3.05, 3.63) is 0 Å². The van der Waals surface area contributed by atoms with Crippen LogP contribution in [0.15, 0.2) is 0 Å². The van der Waals surface area contributed by atoms with Gasteiger partial charge in [-0.1, -0.05) is 0 Å². The third-order valence-electron chi connectivity index (χ3n) is 3.58. The van der Waals surface area contributed by atoms with Gasteiger partial charge in [0.05, 0.1) is 0 Å². The normalized spacial score (nSPS) is 37.3. The lowest BCUT2D eigenvalue weighted by Crippen LogP contribution is -2.52. The summed E-state index contributed by atoms with van der Waals surface area (Å²) >= 11 is 0. The van der Waals surface area contributed by atoms with E-state index in [-0.39, 0.29) is 6.23 Å². The first kappa shape index (κ1) is 10.4. The first-order chi connectivity index (χ1) is 6.77. The van der Waals surface area contributed by atoms with E-state index in [1.54, 1.807) is 0 Å². The molecule has 2 aliphatic rings. The minimum Gasteiger partial charge on any atom is -0.378 e. The fourth-order valence-electron chi connectivity index (χ4n) is 2.77. The fourth-order valence-corrected chi connectivity index (χ4v) is 2.77. The Morgan fingerprint density at radius 1 is 1.07 bits per heavy atom. The van der Waals surface area contributed by atoms with Crippen LogP contribution in [0.5, 0.6) is 0 Å². The number of likely N-dealkylation sites (N-methyl/N-ethyl adjacent to an activating group) is 1. The monoisotopic (exact) mass is 198 g/mol. The quantitative estimate of drug-likeness (QED) is 0.678. The third-order valence-corrected chi connectivity index (χ3v) is 3.58. The predicted molar refractivity (Wildman–Crippen MR) is 57.1 cm³/mol. The molecule has 0 saturated carbocycles. The smallest absolute Gasteiger partial charge is 0.107 e. The first-order valence-corrected chi connectivity index (χ1v) is 5.90. The standard InChI is InChI=1S/C11H22N2O/c1-12-7-4-5-10(9-12)13-8-3-2-6-11(13)14/h10-11,14H,2-9H2,1H3. The van der Waals surface area contributed by atoms with Crippen LogP contribution in [0.25, 0.3) is 0 Å². The average molecular weight is 198 g/mol. The van der Waals surface area contributed by atoms with Crippen LogP contribution in [-0.4, -0.2) is 53.9 Å². The summed E-state index contributed by atoms with van der Waals surface area (Å²) in [4.78, 5) is 4.70. The second-order valence-corrected chi connectivity index (χ2v) is 4.77. The van der Waals surface area contributed by atoms with E-state index in [4.69, 9.17) is 0 Å². The molecule has 0 aromatic carbocycles. The van der Waals surface area contributed by atoms with Crippen LogP contribution in [0.1, 0.15) is 32.1 Å². The summed E-state index contributed by atoms with van der Waals surface area (Å²) in [5.74, 6) is 0. The van der Waals surface area contributed by atoms with E-state index >= 15 is 0 Å². The summed E-state index contributed by atoms with van der Waals surface area (Å²) in [6.07, 6.45) is 5.81. The number of aliphatic hydroxyl groups excluding tert-OH is 1. The Bertz CT molecular complexity index is 186. The summed E-state index contributed by atoms with van der Waals surface area (Å²) in [7, 11) is 2.18. The van der Waals surface area contributed by atoms with E-state index in [0.29, 0.717) is 6.04 Å². The Balaban J connectivity index is 1.91. The van der Waals surface area contributed by atoms with Crippen LogP contribution in [0.3, 0.4) is 0 Å². The minimum atomic E-state index is -0.166. The van der Waals surface area contributed by atoms with Gasteiger partial charge in [0.1, 0.15) is 6.23 Å². The molecule has 2 heterocycles. The molecule has 2 aliphatic heterocycles. The zero-order valence-electron chi connectivity index (χ0n) is 9.15. The summed E-state index contributed by atoms with van der Waals surface area (Å²) in [5.41, 5.74) is 0. The molecule has 2 unspecified atom stereocenters. The van der Waals surface area contributed by atoms with E-state index in [9.17, 15) is 5.11 Å². The SMILES string of the molecule is CN1CCCC(N2CCCCC2O)C1. The number of hydrogen-bond donors (Lipinski definition) is 1. The van der Waals surface area contributed by atoms with Crippen molar-refractivity contribution in [3.8, 4) is 0 Å². The van der Waals surface area contributed by atoms with Crippen molar-refractivity contribution in [3.63, 3.8) is 0 Å². The number of nitrogens with zero attached hydrogens (tertiary/aromatic N) is 2. The molecule has 0 amide bonds. The molecule has 2 fully saturated rings. The predicted octanol–water partition coefficient (Wildman–Crippen LogP) is 0.885. The summed E-state index contributed by atoms with van der Waals surface area (Å²) in [6, 6.07) is 0.601. The van der Waals surface area contributed by atoms with Crippen LogP contribution in [-0.2, 0) is 0 Å². The lowest BCUT2D eigenvalue weighted by atomic mass is 10.0. The van der Waals surface area contributed by atoms with Gasteiger partial charge in [-0.2, -0.15) is 0 Å². The summed E-state index contributed by atoms with van der Waals surface area (Å²) < 4.78 is 0. The van der Waals surface area contributed by atoms with Gasteiger partial charge in [0.15, 0.2) is 0 Å². The van der Waals surface area contributed by atoms with Crippen molar-refractivity contribution in [1.29, 1.82) is 0 Å². The maximum atomic E-state index is 9.91. The number of piperidine rings is 2. The number of aliphatic hydroxyl groups is 1. The highest BCUT2D eigenvalue weighted by molar-refractivity contribution is 4.82. The first-order valence-electron chi connectivity index (χ1n) is 5.90. The minimum absolute atomic E-state index is 0.166.